The second kappa shape index (κ2) is 19.8. The third kappa shape index (κ3) is 10.6. The number of hydrogen-bond donors (Lipinski definition) is 1. The van der Waals surface area contributed by atoms with E-state index in [4.69, 9.17) is 5.73 Å². The highest BCUT2D eigenvalue weighted by Gasteiger charge is 2.21. The minimum Gasteiger partial charge on any atom is -0.330 e. The van der Waals surface area contributed by atoms with Crippen LogP contribution in [0.5, 0.6) is 0 Å². The number of allylic oxidation sites excluding steroid dienone is 1. The minimum absolute atomic E-state index is 0.745. The standard InChI is InChI=1S/C48H58B2N4/c1-34(2)22-25-54(30-40-27-37(6)17-21-48(40)50-33-52)31-45-41-14-10-11-15-42(41)46(44-28-38(35(3)4)18-19-43(44)45)32-53(24-13-9-8-12-23-51)29-39-26-36(5)16-20-47(39)49-7/h10-11,14-21,26-28H,1,3,8-9,12-13,22-25,29-32,51H2,2,4-7H3. The van der Waals surface area contributed by atoms with E-state index in [9.17, 15) is 5.26 Å². The van der Waals surface area contributed by atoms with Crippen LogP contribution in [0, 0.1) is 25.1 Å². The van der Waals surface area contributed by atoms with Crippen LogP contribution in [0.4, 0.5) is 0 Å². The van der Waals surface area contributed by atoms with Crippen LogP contribution in [-0.2, 0) is 26.2 Å². The Labute approximate surface area is 327 Å². The molecule has 0 saturated carbocycles. The summed E-state index contributed by atoms with van der Waals surface area (Å²) in [5, 5.41) is 14.8. The number of benzene rings is 5. The largest absolute Gasteiger partial charge is 0.330 e. The summed E-state index contributed by atoms with van der Waals surface area (Å²) in [6.07, 6.45) is 5.49. The number of nitrogens with two attached hydrogens (primary N) is 1. The van der Waals surface area contributed by atoms with Crippen molar-refractivity contribution >= 4 is 52.6 Å². The maximum atomic E-state index is 9.60. The van der Waals surface area contributed by atoms with Crippen LogP contribution in [0.2, 0.25) is 6.82 Å². The monoisotopic (exact) mass is 712 g/mol. The molecule has 0 unspecified atom stereocenters. The zero-order valence-corrected chi connectivity index (χ0v) is 33.5. The summed E-state index contributed by atoms with van der Waals surface area (Å²) < 4.78 is 0. The van der Waals surface area contributed by atoms with E-state index < -0.39 is 0 Å². The van der Waals surface area contributed by atoms with Gasteiger partial charge in [0.05, 0.1) is 0 Å². The van der Waals surface area contributed by atoms with Crippen LogP contribution >= 0.6 is 0 Å². The second-order valence-electron chi connectivity index (χ2n) is 15.3. The molecule has 0 aliphatic rings. The molecule has 2 N–H and O–H groups in total. The van der Waals surface area contributed by atoms with Gasteiger partial charge >= 0.3 is 0 Å². The predicted octanol–water partition coefficient (Wildman–Crippen LogP) is 9.32. The van der Waals surface area contributed by atoms with Gasteiger partial charge in [-0.1, -0.05) is 132 Å². The highest BCUT2D eigenvalue weighted by atomic mass is 15.1. The molecule has 5 rings (SSSR count). The topological polar surface area (TPSA) is 56.3 Å². The fourth-order valence-corrected chi connectivity index (χ4v) is 7.74. The normalized spacial score (nSPS) is 11.4. The molecule has 276 valence electrons. The van der Waals surface area contributed by atoms with Crippen LogP contribution in [-0.4, -0.2) is 44.0 Å². The van der Waals surface area contributed by atoms with Gasteiger partial charge in [0.1, 0.15) is 7.28 Å². The van der Waals surface area contributed by atoms with Gasteiger partial charge in [0.2, 0.25) is 0 Å². The lowest BCUT2D eigenvalue weighted by atomic mass is 9.70. The summed E-state index contributed by atoms with van der Waals surface area (Å²) in [5.41, 5.74) is 19.3. The number of unbranched alkanes of at least 4 members (excludes halogenated alkanes) is 3. The minimum atomic E-state index is 0.745. The Morgan fingerprint density at radius 3 is 1.85 bits per heavy atom. The van der Waals surface area contributed by atoms with Crippen molar-refractivity contribution in [3.05, 3.63) is 137 Å². The number of nitrogens with zero attached hydrogens (tertiary/aromatic N) is 3. The van der Waals surface area contributed by atoms with Crippen LogP contribution in [0.3, 0.4) is 0 Å². The molecule has 2 radical (unpaired) electrons. The number of hydrogen-bond acceptors (Lipinski definition) is 4. The highest BCUT2D eigenvalue weighted by molar-refractivity contribution is 6.61. The lowest BCUT2D eigenvalue weighted by molar-refractivity contribution is 0.252. The summed E-state index contributed by atoms with van der Waals surface area (Å²) in [6.45, 7) is 25.2. The SMILES string of the molecule is C=C(C)CCN(Cc1cc(C)ccc1[B]C#N)Cc1c2ccccc2c(CN(CCCCCCN)Cc2cc(C)ccc2[B]C)c2cc(C(=C)C)ccc12. The lowest BCUT2D eigenvalue weighted by Gasteiger charge is -2.29. The van der Waals surface area contributed by atoms with Gasteiger partial charge in [0.15, 0.2) is 0 Å². The molecule has 5 aromatic carbocycles. The van der Waals surface area contributed by atoms with E-state index >= 15 is 0 Å². The van der Waals surface area contributed by atoms with Crippen molar-refractivity contribution in [3.63, 3.8) is 0 Å². The van der Waals surface area contributed by atoms with Crippen molar-refractivity contribution in [3.8, 4) is 5.97 Å². The Hall–Kier alpha value is -4.40. The molecule has 0 atom stereocenters. The number of fused-ring (bicyclic) bond motifs is 2. The van der Waals surface area contributed by atoms with Gasteiger partial charge in [-0.3, -0.25) is 9.80 Å². The van der Waals surface area contributed by atoms with Crippen molar-refractivity contribution in [1.82, 2.24) is 9.80 Å². The summed E-state index contributed by atoms with van der Waals surface area (Å²) in [5.74, 6) is 2.27. The first-order valence-corrected chi connectivity index (χ1v) is 19.7. The Bertz CT molecular complexity index is 2130. The molecule has 0 heterocycles. The van der Waals surface area contributed by atoms with Crippen LogP contribution in [0.25, 0.3) is 27.1 Å². The molecule has 6 heteroatoms. The molecule has 54 heavy (non-hydrogen) atoms. The van der Waals surface area contributed by atoms with Crippen molar-refractivity contribution in [1.29, 1.82) is 5.26 Å². The second-order valence-corrected chi connectivity index (χ2v) is 15.3. The smallest absolute Gasteiger partial charge is 0.292 e. The van der Waals surface area contributed by atoms with Crippen molar-refractivity contribution < 1.29 is 0 Å². The first kappa shape index (κ1) is 40.8. The Morgan fingerprint density at radius 1 is 0.685 bits per heavy atom. The Balaban J connectivity index is 1.64. The summed E-state index contributed by atoms with van der Waals surface area (Å²) in [6, 6.07) is 29.3. The lowest BCUT2D eigenvalue weighted by Crippen LogP contribution is -2.30. The predicted molar refractivity (Wildman–Crippen MR) is 236 cm³/mol. The van der Waals surface area contributed by atoms with Gasteiger partial charge in [-0.05, 0) is 115 Å². The fourth-order valence-electron chi connectivity index (χ4n) is 7.74. The zero-order valence-electron chi connectivity index (χ0n) is 33.5. The van der Waals surface area contributed by atoms with Crippen molar-refractivity contribution in [2.75, 3.05) is 19.6 Å². The molecule has 0 aliphatic heterocycles. The van der Waals surface area contributed by atoms with Crippen LogP contribution in [0.1, 0.15) is 84.9 Å². The summed E-state index contributed by atoms with van der Waals surface area (Å²) in [4.78, 5) is 5.21. The average Bonchev–Trinajstić information content (AvgIpc) is 3.15. The molecule has 0 amide bonds. The summed E-state index contributed by atoms with van der Waals surface area (Å²) in [7, 11) is 3.91. The maximum Gasteiger partial charge on any atom is 0.292 e. The van der Waals surface area contributed by atoms with E-state index in [1.54, 1.807) is 7.28 Å². The third-order valence-electron chi connectivity index (χ3n) is 10.7. The third-order valence-corrected chi connectivity index (χ3v) is 10.7. The van der Waals surface area contributed by atoms with Crippen molar-refractivity contribution in [2.45, 2.75) is 92.8 Å². The van der Waals surface area contributed by atoms with Crippen LogP contribution in [0.15, 0.2) is 97.6 Å². The zero-order chi connectivity index (χ0) is 38.6. The molecular weight excluding hydrogens is 654 g/mol. The van der Waals surface area contributed by atoms with E-state index in [2.05, 4.69) is 150 Å². The fraction of sp³-hybridized carbons (Fsp3) is 0.354. The molecule has 0 fully saturated rings. The number of rotatable bonds is 20. The van der Waals surface area contributed by atoms with E-state index in [1.165, 1.54) is 84.4 Å². The van der Waals surface area contributed by atoms with Gasteiger partial charge in [-0.2, -0.15) is 0 Å². The number of nitriles is 1. The molecule has 0 aromatic heterocycles. The van der Waals surface area contributed by atoms with Gasteiger partial charge in [-0.15, -0.1) is 6.58 Å². The summed E-state index contributed by atoms with van der Waals surface area (Å²) >= 11 is 0. The van der Waals surface area contributed by atoms with E-state index in [1.807, 2.05) is 0 Å². The molecule has 0 spiro atoms. The van der Waals surface area contributed by atoms with E-state index in [0.717, 1.165) is 76.1 Å². The molecule has 0 saturated heterocycles. The Morgan fingerprint density at radius 2 is 1.26 bits per heavy atom. The van der Waals surface area contributed by atoms with E-state index in [-0.39, 0.29) is 0 Å². The Kier molecular flexibility index (Phi) is 14.9. The van der Waals surface area contributed by atoms with Gasteiger partial charge in [-0.25, -0.2) is 5.26 Å². The molecule has 0 aliphatic carbocycles. The first-order valence-electron chi connectivity index (χ1n) is 19.7. The van der Waals surface area contributed by atoms with Gasteiger partial charge in [0.25, 0.3) is 7.28 Å². The molecular formula is C48H58B2N4. The van der Waals surface area contributed by atoms with E-state index in [0.29, 0.717) is 0 Å². The van der Waals surface area contributed by atoms with Crippen LogP contribution < -0.4 is 16.7 Å². The molecule has 4 nitrogen and oxygen atoms in total. The maximum absolute atomic E-state index is 9.60. The van der Waals surface area contributed by atoms with Gasteiger partial charge < -0.3 is 5.73 Å². The average molecular weight is 713 g/mol. The van der Waals surface area contributed by atoms with Crippen molar-refractivity contribution in [2.24, 2.45) is 5.73 Å². The van der Waals surface area contributed by atoms with Gasteiger partial charge in [0, 0.05) is 38.7 Å². The highest BCUT2D eigenvalue weighted by Crippen LogP contribution is 2.37. The number of aryl methyl sites for hydroxylation is 2. The molecule has 0 bridgehead atoms. The first-order chi connectivity index (χ1) is 26.1. The quantitative estimate of drug-likeness (QED) is 0.0379. The molecule has 5 aromatic rings.